The number of pyridine rings is 1. The summed E-state index contributed by atoms with van der Waals surface area (Å²) in [6.07, 6.45) is 6.59. The van der Waals surface area contributed by atoms with Crippen LogP contribution in [0.2, 0.25) is 0 Å². The number of nitrogens with zero attached hydrogens (tertiary/aromatic N) is 2. The Morgan fingerprint density at radius 1 is 1.42 bits per heavy atom. The van der Waals surface area contributed by atoms with E-state index in [1.54, 1.807) is 16.6 Å². The van der Waals surface area contributed by atoms with Crippen molar-refractivity contribution in [1.29, 1.82) is 0 Å². The maximum atomic E-state index is 12.6. The number of hydrogen-bond acceptors (Lipinski definition) is 3. The molecular weight excluding hydrogens is 352 g/mol. The molecule has 0 radical (unpaired) electrons. The molecule has 1 aromatic rings. The fourth-order valence-corrected chi connectivity index (χ4v) is 4.41. The lowest BCUT2D eigenvalue weighted by Gasteiger charge is -2.36. The Kier molecular flexibility index (Phi) is 5.22. The largest absolute Gasteiger partial charge is 0.262 e. The third-order valence-corrected chi connectivity index (χ3v) is 5.90. The maximum absolute atomic E-state index is 12.6. The molecular formula is C12H16BrClN2O2S. The van der Waals surface area contributed by atoms with Crippen LogP contribution in [0, 0.1) is 0 Å². The Bertz CT molecular complexity index is 534. The number of sulfonamides is 1. The van der Waals surface area contributed by atoms with Crippen LogP contribution in [-0.2, 0) is 10.0 Å². The Labute approximate surface area is 127 Å². The lowest BCUT2D eigenvalue weighted by molar-refractivity contribution is 0.220. The number of alkyl halides is 1. The monoisotopic (exact) mass is 366 g/mol. The van der Waals surface area contributed by atoms with Crippen LogP contribution in [0.4, 0.5) is 0 Å². The second-order valence-electron chi connectivity index (χ2n) is 4.58. The van der Waals surface area contributed by atoms with Crippen molar-refractivity contribution in [2.24, 2.45) is 0 Å². The van der Waals surface area contributed by atoms with E-state index in [1.165, 1.54) is 6.20 Å². The topological polar surface area (TPSA) is 50.3 Å². The molecule has 0 aliphatic heterocycles. The van der Waals surface area contributed by atoms with Crippen molar-refractivity contribution in [1.82, 2.24) is 9.29 Å². The van der Waals surface area contributed by atoms with Gasteiger partial charge in [0.2, 0.25) is 10.0 Å². The minimum absolute atomic E-state index is 0.118. The number of rotatable bonds is 6. The van der Waals surface area contributed by atoms with E-state index in [-0.39, 0.29) is 10.9 Å². The van der Waals surface area contributed by atoms with Crippen molar-refractivity contribution in [3.05, 3.63) is 22.9 Å². The van der Waals surface area contributed by atoms with Crippen LogP contribution in [0.25, 0.3) is 0 Å². The molecule has 0 N–H and O–H groups in total. The minimum atomic E-state index is -3.47. The van der Waals surface area contributed by atoms with Crippen molar-refractivity contribution >= 4 is 37.6 Å². The summed E-state index contributed by atoms with van der Waals surface area (Å²) in [4.78, 5) is 4.18. The first-order chi connectivity index (χ1) is 9.05. The Morgan fingerprint density at radius 3 is 2.68 bits per heavy atom. The number of halogens is 2. The summed E-state index contributed by atoms with van der Waals surface area (Å²) in [6.45, 7) is 0.475. The highest BCUT2D eigenvalue weighted by molar-refractivity contribution is 9.10. The molecule has 1 saturated carbocycles. The van der Waals surface area contributed by atoms with E-state index in [9.17, 15) is 8.42 Å². The van der Waals surface area contributed by atoms with E-state index in [2.05, 4.69) is 20.9 Å². The summed E-state index contributed by atoms with van der Waals surface area (Å²) in [5, 5.41) is 0. The molecule has 7 heteroatoms. The molecule has 0 saturated heterocycles. The molecule has 1 aliphatic carbocycles. The van der Waals surface area contributed by atoms with Crippen LogP contribution in [0.5, 0.6) is 0 Å². The SMILES string of the molecule is O=S(=O)(c1cncc(Br)c1)N(CCCCl)C1CCC1. The van der Waals surface area contributed by atoms with Gasteiger partial charge in [-0.3, -0.25) is 4.98 Å². The van der Waals surface area contributed by atoms with E-state index >= 15 is 0 Å². The van der Waals surface area contributed by atoms with Gasteiger partial charge in [-0.2, -0.15) is 4.31 Å². The summed E-state index contributed by atoms with van der Waals surface area (Å²) >= 11 is 8.95. The first-order valence-electron chi connectivity index (χ1n) is 6.24. The van der Waals surface area contributed by atoms with E-state index in [4.69, 9.17) is 11.6 Å². The third-order valence-electron chi connectivity index (χ3n) is 3.28. The molecule has 1 heterocycles. The quantitative estimate of drug-likeness (QED) is 0.726. The van der Waals surface area contributed by atoms with Crippen LogP contribution in [0.1, 0.15) is 25.7 Å². The summed E-state index contributed by atoms with van der Waals surface area (Å²) in [5.41, 5.74) is 0. The van der Waals surface area contributed by atoms with Crippen molar-refractivity contribution in [2.45, 2.75) is 36.6 Å². The van der Waals surface area contributed by atoms with Crippen LogP contribution in [0.15, 0.2) is 27.8 Å². The predicted octanol–water partition coefficient (Wildman–Crippen LogP) is 3.02. The van der Waals surface area contributed by atoms with Crippen molar-refractivity contribution in [2.75, 3.05) is 12.4 Å². The van der Waals surface area contributed by atoms with Crippen LogP contribution >= 0.6 is 27.5 Å². The molecule has 0 bridgehead atoms. The van der Waals surface area contributed by atoms with Gasteiger partial charge in [0.05, 0.1) is 0 Å². The normalized spacial score (nSPS) is 16.6. The van der Waals surface area contributed by atoms with Gasteiger partial charge in [-0.25, -0.2) is 8.42 Å². The summed E-state index contributed by atoms with van der Waals surface area (Å²) in [5.74, 6) is 0.468. The lowest BCUT2D eigenvalue weighted by atomic mass is 9.93. The first-order valence-corrected chi connectivity index (χ1v) is 9.01. The summed E-state index contributed by atoms with van der Waals surface area (Å²) < 4.78 is 27.5. The molecule has 0 aromatic carbocycles. The highest BCUT2D eigenvalue weighted by Gasteiger charge is 2.34. The van der Waals surface area contributed by atoms with E-state index in [0.717, 1.165) is 19.3 Å². The highest BCUT2D eigenvalue weighted by atomic mass is 79.9. The minimum Gasteiger partial charge on any atom is -0.262 e. The Balaban J connectivity index is 2.27. The Hall–Kier alpha value is -0.170. The number of aromatic nitrogens is 1. The average molecular weight is 368 g/mol. The standard InChI is InChI=1S/C12H16BrClN2O2S/c13-10-7-12(9-15-8-10)19(17,18)16(6-2-5-14)11-3-1-4-11/h7-9,11H,1-6H2. The third kappa shape index (κ3) is 3.48. The Morgan fingerprint density at radius 2 is 2.16 bits per heavy atom. The predicted molar refractivity (Wildman–Crippen MR) is 78.8 cm³/mol. The second kappa shape index (κ2) is 6.52. The van der Waals surface area contributed by atoms with Crippen LogP contribution in [-0.4, -0.2) is 36.2 Å². The molecule has 0 unspecified atom stereocenters. The fraction of sp³-hybridized carbons (Fsp3) is 0.583. The zero-order chi connectivity index (χ0) is 13.9. The molecule has 2 rings (SSSR count). The summed E-state index contributed by atoms with van der Waals surface area (Å²) in [6, 6.07) is 1.71. The van der Waals surface area contributed by atoms with Gasteiger partial charge in [0.15, 0.2) is 0 Å². The smallest absolute Gasteiger partial charge is 0.244 e. The zero-order valence-corrected chi connectivity index (χ0v) is 13.6. The van der Waals surface area contributed by atoms with Crippen LogP contribution in [0.3, 0.4) is 0 Å². The van der Waals surface area contributed by atoms with Gasteiger partial charge in [0.25, 0.3) is 0 Å². The average Bonchev–Trinajstić information content (AvgIpc) is 2.31. The van der Waals surface area contributed by atoms with Crippen molar-refractivity contribution in [3.8, 4) is 0 Å². The van der Waals surface area contributed by atoms with E-state index < -0.39 is 10.0 Å². The zero-order valence-electron chi connectivity index (χ0n) is 10.4. The fourth-order valence-electron chi connectivity index (χ4n) is 2.06. The van der Waals surface area contributed by atoms with Gasteiger partial charge in [0, 0.05) is 35.3 Å². The van der Waals surface area contributed by atoms with Gasteiger partial charge in [-0.1, -0.05) is 6.42 Å². The van der Waals surface area contributed by atoms with Crippen molar-refractivity contribution in [3.63, 3.8) is 0 Å². The molecule has 0 spiro atoms. The van der Waals surface area contributed by atoms with E-state index in [0.29, 0.717) is 23.3 Å². The molecule has 1 aliphatic rings. The molecule has 0 amide bonds. The van der Waals surface area contributed by atoms with Crippen molar-refractivity contribution < 1.29 is 8.42 Å². The molecule has 106 valence electrons. The second-order valence-corrected chi connectivity index (χ2v) is 7.77. The lowest BCUT2D eigenvalue weighted by Crippen LogP contribution is -2.44. The van der Waals surface area contributed by atoms with Gasteiger partial charge in [-0.15, -0.1) is 11.6 Å². The maximum Gasteiger partial charge on any atom is 0.244 e. The van der Waals surface area contributed by atoms with E-state index in [1.807, 2.05) is 0 Å². The van der Waals surface area contributed by atoms with Gasteiger partial charge in [0.1, 0.15) is 4.90 Å². The number of hydrogen-bond donors (Lipinski definition) is 0. The summed E-state index contributed by atoms with van der Waals surface area (Å²) in [7, 11) is -3.47. The van der Waals surface area contributed by atoms with Gasteiger partial charge < -0.3 is 0 Å². The first kappa shape index (κ1) is 15.2. The van der Waals surface area contributed by atoms with Gasteiger partial charge >= 0.3 is 0 Å². The molecule has 19 heavy (non-hydrogen) atoms. The molecule has 1 fully saturated rings. The van der Waals surface area contributed by atoms with Gasteiger partial charge in [-0.05, 0) is 41.3 Å². The molecule has 0 atom stereocenters. The molecule has 1 aromatic heterocycles. The van der Waals surface area contributed by atoms with Crippen LogP contribution < -0.4 is 0 Å². The molecule has 4 nitrogen and oxygen atoms in total. The highest BCUT2D eigenvalue weighted by Crippen LogP contribution is 2.30.